The lowest BCUT2D eigenvalue weighted by Crippen LogP contribution is -2.57. The molecule has 0 saturated carbocycles. The van der Waals surface area contributed by atoms with Gasteiger partial charge in [-0.1, -0.05) is 13.3 Å². The van der Waals surface area contributed by atoms with E-state index in [1.54, 1.807) is 0 Å². The number of hydrogen-bond acceptors (Lipinski definition) is 4. The van der Waals surface area contributed by atoms with E-state index in [4.69, 9.17) is 11.7 Å². The van der Waals surface area contributed by atoms with Crippen LogP contribution in [-0.4, -0.2) is 35.7 Å². The van der Waals surface area contributed by atoms with Gasteiger partial charge >= 0.3 is 0 Å². The molecule has 0 aromatic rings. The smallest absolute Gasteiger partial charge is 0.0382 e. The Kier molecular flexibility index (Phi) is 3.26. The molecule has 0 aliphatic carbocycles. The summed E-state index contributed by atoms with van der Waals surface area (Å²) < 4.78 is 0. The van der Waals surface area contributed by atoms with Gasteiger partial charge in [-0.25, -0.2) is 10.0 Å². The van der Waals surface area contributed by atoms with Crippen molar-refractivity contribution in [3.63, 3.8) is 0 Å². The number of nitrogens with two attached hydrogens (primary N) is 2. The molecular formula is C7H18N4. The second-order valence-corrected chi connectivity index (χ2v) is 3.18. The van der Waals surface area contributed by atoms with Gasteiger partial charge in [-0.3, -0.25) is 11.7 Å². The van der Waals surface area contributed by atoms with Crippen LogP contribution >= 0.6 is 0 Å². The molecule has 1 rings (SSSR count). The van der Waals surface area contributed by atoms with E-state index in [0.29, 0.717) is 6.04 Å². The molecule has 0 aromatic carbocycles. The lowest BCUT2D eigenvalue weighted by molar-refractivity contribution is 0.0696. The van der Waals surface area contributed by atoms with E-state index in [1.807, 2.05) is 10.0 Å². The summed E-state index contributed by atoms with van der Waals surface area (Å²) >= 11 is 0. The van der Waals surface area contributed by atoms with Crippen LogP contribution in [0, 0.1) is 0 Å². The molecule has 0 spiro atoms. The van der Waals surface area contributed by atoms with Crippen molar-refractivity contribution >= 4 is 0 Å². The van der Waals surface area contributed by atoms with Crippen LogP contribution in [0.2, 0.25) is 0 Å². The first-order valence-electron chi connectivity index (χ1n) is 4.25. The average molecular weight is 158 g/mol. The van der Waals surface area contributed by atoms with Gasteiger partial charge in [-0.15, -0.1) is 0 Å². The zero-order valence-corrected chi connectivity index (χ0v) is 7.16. The molecule has 1 unspecified atom stereocenters. The third-order valence-corrected chi connectivity index (χ3v) is 2.18. The number of rotatable bonds is 2. The summed E-state index contributed by atoms with van der Waals surface area (Å²) in [5.41, 5.74) is 0. The molecule has 0 amide bonds. The van der Waals surface area contributed by atoms with Crippen molar-refractivity contribution in [3.8, 4) is 0 Å². The fourth-order valence-corrected chi connectivity index (χ4v) is 1.48. The standard InChI is InChI=1S/C7H18N4/c1-2-3-7-6-10(8)4-5-11(7)9/h7H,2-6,8-9H2,1H3. The Balaban J connectivity index is 2.34. The molecule has 1 atom stereocenters. The summed E-state index contributed by atoms with van der Waals surface area (Å²) in [6, 6.07) is 0.457. The molecule has 0 aromatic heterocycles. The minimum absolute atomic E-state index is 0.457. The van der Waals surface area contributed by atoms with Crippen molar-refractivity contribution in [1.29, 1.82) is 0 Å². The van der Waals surface area contributed by atoms with E-state index in [-0.39, 0.29) is 0 Å². The van der Waals surface area contributed by atoms with Crippen LogP contribution in [0.3, 0.4) is 0 Å². The van der Waals surface area contributed by atoms with Crippen LogP contribution in [0.15, 0.2) is 0 Å². The van der Waals surface area contributed by atoms with Crippen LogP contribution in [-0.2, 0) is 0 Å². The normalized spacial score (nSPS) is 29.2. The van der Waals surface area contributed by atoms with Crippen LogP contribution in [0.4, 0.5) is 0 Å². The first kappa shape index (κ1) is 8.93. The topological polar surface area (TPSA) is 58.5 Å². The molecule has 0 radical (unpaired) electrons. The fourth-order valence-electron chi connectivity index (χ4n) is 1.48. The summed E-state index contributed by atoms with van der Waals surface area (Å²) in [5.74, 6) is 11.4. The maximum Gasteiger partial charge on any atom is 0.0382 e. The van der Waals surface area contributed by atoms with Gasteiger partial charge in [-0.05, 0) is 6.42 Å². The highest BCUT2D eigenvalue weighted by Gasteiger charge is 2.21. The van der Waals surface area contributed by atoms with Crippen molar-refractivity contribution in [2.45, 2.75) is 25.8 Å². The zero-order chi connectivity index (χ0) is 8.27. The van der Waals surface area contributed by atoms with E-state index in [0.717, 1.165) is 26.1 Å². The molecular weight excluding hydrogens is 140 g/mol. The van der Waals surface area contributed by atoms with Crippen molar-refractivity contribution in [2.24, 2.45) is 11.7 Å². The first-order valence-corrected chi connectivity index (χ1v) is 4.25. The third-order valence-electron chi connectivity index (χ3n) is 2.18. The van der Waals surface area contributed by atoms with Crippen LogP contribution in [0.1, 0.15) is 19.8 Å². The fraction of sp³-hybridized carbons (Fsp3) is 1.00. The van der Waals surface area contributed by atoms with Crippen LogP contribution in [0.5, 0.6) is 0 Å². The highest BCUT2D eigenvalue weighted by atomic mass is 15.5. The Labute approximate surface area is 68.1 Å². The van der Waals surface area contributed by atoms with Crippen LogP contribution < -0.4 is 11.7 Å². The molecule has 4 nitrogen and oxygen atoms in total. The van der Waals surface area contributed by atoms with E-state index in [1.165, 1.54) is 6.42 Å². The van der Waals surface area contributed by atoms with E-state index in [9.17, 15) is 0 Å². The first-order chi connectivity index (χ1) is 5.24. The highest BCUT2D eigenvalue weighted by molar-refractivity contribution is 4.75. The Bertz CT molecular complexity index is 117. The summed E-state index contributed by atoms with van der Waals surface area (Å²) in [6.07, 6.45) is 2.32. The van der Waals surface area contributed by atoms with E-state index in [2.05, 4.69) is 6.92 Å². The zero-order valence-electron chi connectivity index (χ0n) is 7.16. The summed E-state index contributed by atoms with van der Waals surface area (Å²) in [6.45, 7) is 4.85. The molecule has 11 heavy (non-hydrogen) atoms. The van der Waals surface area contributed by atoms with Gasteiger partial charge < -0.3 is 0 Å². The van der Waals surface area contributed by atoms with Gasteiger partial charge in [0.1, 0.15) is 0 Å². The second kappa shape index (κ2) is 4.01. The lowest BCUT2D eigenvalue weighted by atomic mass is 10.1. The predicted molar refractivity (Wildman–Crippen MR) is 45.3 cm³/mol. The molecule has 66 valence electrons. The maximum absolute atomic E-state index is 5.78. The number of piperazine rings is 1. The molecule has 1 heterocycles. The molecule has 4 heteroatoms. The number of hydrazine groups is 2. The monoisotopic (exact) mass is 158 g/mol. The second-order valence-electron chi connectivity index (χ2n) is 3.18. The van der Waals surface area contributed by atoms with Gasteiger partial charge in [-0.2, -0.15) is 0 Å². The quantitative estimate of drug-likeness (QED) is 0.533. The summed E-state index contributed by atoms with van der Waals surface area (Å²) in [7, 11) is 0. The molecule has 1 fully saturated rings. The van der Waals surface area contributed by atoms with Gasteiger partial charge in [0.25, 0.3) is 0 Å². The van der Waals surface area contributed by atoms with Gasteiger partial charge in [0.05, 0.1) is 0 Å². The number of hydrogen-bond donors (Lipinski definition) is 2. The van der Waals surface area contributed by atoms with E-state index < -0.39 is 0 Å². The molecule has 1 aliphatic heterocycles. The third kappa shape index (κ3) is 2.41. The van der Waals surface area contributed by atoms with Gasteiger partial charge in [0, 0.05) is 25.7 Å². The molecule has 0 bridgehead atoms. The molecule has 1 saturated heterocycles. The van der Waals surface area contributed by atoms with Crippen LogP contribution in [0.25, 0.3) is 0 Å². The lowest BCUT2D eigenvalue weighted by Gasteiger charge is -2.36. The SMILES string of the molecule is CCCC1CN(N)CCN1N. The maximum atomic E-state index is 5.78. The summed E-state index contributed by atoms with van der Waals surface area (Å²) in [5, 5.41) is 3.76. The summed E-state index contributed by atoms with van der Waals surface area (Å²) in [4.78, 5) is 0. The van der Waals surface area contributed by atoms with Crippen molar-refractivity contribution in [3.05, 3.63) is 0 Å². The molecule has 1 aliphatic rings. The Morgan fingerprint density at radius 3 is 2.73 bits per heavy atom. The van der Waals surface area contributed by atoms with Gasteiger partial charge in [0.2, 0.25) is 0 Å². The minimum atomic E-state index is 0.457. The average Bonchev–Trinajstić information content (AvgIpc) is 1.98. The van der Waals surface area contributed by atoms with Gasteiger partial charge in [0.15, 0.2) is 0 Å². The van der Waals surface area contributed by atoms with Crippen molar-refractivity contribution in [1.82, 2.24) is 10.0 Å². The predicted octanol–water partition coefficient (Wildman–Crippen LogP) is -0.480. The van der Waals surface area contributed by atoms with Crippen molar-refractivity contribution < 1.29 is 0 Å². The largest absolute Gasteiger partial charge is 0.269 e. The number of nitrogens with zero attached hydrogens (tertiary/aromatic N) is 2. The Morgan fingerprint density at radius 2 is 2.09 bits per heavy atom. The van der Waals surface area contributed by atoms with E-state index >= 15 is 0 Å². The minimum Gasteiger partial charge on any atom is -0.269 e. The molecule has 4 N–H and O–H groups in total. The van der Waals surface area contributed by atoms with Crippen molar-refractivity contribution in [2.75, 3.05) is 19.6 Å². The highest BCUT2D eigenvalue weighted by Crippen LogP contribution is 2.07. The Morgan fingerprint density at radius 1 is 1.36 bits per heavy atom. The Hall–Kier alpha value is -0.160.